The summed E-state index contributed by atoms with van der Waals surface area (Å²) in [6.45, 7) is 3.56. The number of carbonyl (C=O) groups is 6. The minimum atomic E-state index is -1.60. The van der Waals surface area contributed by atoms with Crippen LogP contribution in [0.25, 0.3) is 10.9 Å². The first-order valence-corrected chi connectivity index (χ1v) is 12.8. The van der Waals surface area contributed by atoms with Crippen molar-refractivity contribution in [3.63, 3.8) is 0 Å². The highest BCUT2D eigenvalue weighted by atomic mass is 16.4. The zero-order chi connectivity index (χ0) is 30.0. The highest BCUT2D eigenvalue weighted by molar-refractivity contribution is 5.96. The molecule has 0 bridgehead atoms. The molecule has 1 aromatic carbocycles. The molecule has 4 amide bonds. The van der Waals surface area contributed by atoms with Gasteiger partial charge in [-0.1, -0.05) is 38.5 Å². The van der Waals surface area contributed by atoms with Crippen molar-refractivity contribution in [2.24, 2.45) is 17.4 Å². The largest absolute Gasteiger partial charge is 0.481 e. The quantitative estimate of drug-likeness (QED) is 0.130. The molecule has 40 heavy (non-hydrogen) atoms. The number of fused-ring (bicyclic) bond motifs is 1. The number of nitrogens with two attached hydrogens (primary N) is 2. The highest BCUT2D eigenvalue weighted by Crippen LogP contribution is 2.19. The van der Waals surface area contributed by atoms with Crippen LogP contribution in [-0.2, 0) is 35.2 Å². The molecule has 0 fully saturated rings. The number of hydrogen-bond acceptors (Lipinski definition) is 7. The Kier molecular flexibility index (Phi) is 11.6. The molecule has 0 saturated carbocycles. The van der Waals surface area contributed by atoms with E-state index in [1.54, 1.807) is 37.4 Å². The minimum absolute atomic E-state index is 0.104. The van der Waals surface area contributed by atoms with Gasteiger partial charge in [0.2, 0.25) is 23.6 Å². The third-order valence-corrected chi connectivity index (χ3v) is 6.59. The number of carbonyl (C=O) groups excluding carboxylic acids is 4. The van der Waals surface area contributed by atoms with Gasteiger partial charge in [-0.2, -0.15) is 0 Å². The first kappa shape index (κ1) is 31.8. The molecule has 1 heterocycles. The Morgan fingerprint density at radius 3 is 2.12 bits per heavy atom. The van der Waals surface area contributed by atoms with Crippen molar-refractivity contribution >= 4 is 46.5 Å². The summed E-state index contributed by atoms with van der Waals surface area (Å²) in [6.07, 6.45) is 0.592. The van der Waals surface area contributed by atoms with Gasteiger partial charge in [0.25, 0.3) is 0 Å². The number of nitrogens with one attached hydrogen (secondary N) is 4. The lowest BCUT2D eigenvalue weighted by Crippen LogP contribution is -2.58. The molecule has 0 radical (unpaired) electrons. The molecule has 2 aromatic rings. The summed E-state index contributed by atoms with van der Waals surface area (Å²) in [5.41, 5.74) is 12.6. The number of primary amides is 1. The van der Waals surface area contributed by atoms with E-state index in [1.165, 1.54) is 0 Å². The van der Waals surface area contributed by atoms with Gasteiger partial charge in [0, 0.05) is 29.9 Å². The number of rotatable bonds is 16. The van der Waals surface area contributed by atoms with Crippen molar-refractivity contribution in [3.8, 4) is 0 Å². The number of H-pyrrole nitrogens is 1. The molecule has 5 unspecified atom stereocenters. The molecule has 0 spiro atoms. The molecule has 14 heteroatoms. The fraction of sp³-hybridized carbons (Fsp3) is 0.462. The van der Waals surface area contributed by atoms with Gasteiger partial charge >= 0.3 is 11.9 Å². The lowest BCUT2D eigenvalue weighted by atomic mass is 9.98. The Labute approximate surface area is 230 Å². The van der Waals surface area contributed by atoms with Crippen LogP contribution in [0.1, 0.15) is 45.1 Å². The van der Waals surface area contributed by atoms with Gasteiger partial charge in [-0.3, -0.25) is 24.0 Å². The number of amides is 4. The molecule has 14 nitrogen and oxygen atoms in total. The SMILES string of the molecule is CCC(C)C(N)C(=O)NC(CCC(=O)O)C(=O)NC(CC(N)=O)C(=O)NC(Cc1c[nH]c2ccccc12)C(=O)O. The Hall–Kier alpha value is -4.46. The number of aliphatic carboxylic acids is 2. The second kappa shape index (κ2) is 14.6. The maximum absolute atomic E-state index is 13.1. The lowest BCUT2D eigenvalue weighted by Gasteiger charge is -2.25. The van der Waals surface area contributed by atoms with E-state index in [4.69, 9.17) is 16.6 Å². The number of hydrogen-bond donors (Lipinski definition) is 8. The first-order valence-electron chi connectivity index (χ1n) is 12.8. The molecule has 1 aromatic heterocycles. The average molecular weight is 561 g/mol. The van der Waals surface area contributed by atoms with E-state index in [2.05, 4.69) is 20.9 Å². The van der Waals surface area contributed by atoms with Crippen molar-refractivity contribution in [3.05, 3.63) is 36.0 Å². The van der Waals surface area contributed by atoms with Crippen LogP contribution >= 0.6 is 0 Å². The Bertz CT molecular complexity index is 1240. The van der Waals surface area contributed by atoms with E-state index in [9.17, 15) is 33.9 Å². The van der Waals surface area contributed by atoms with Gasteiger partial charge < -0.3 is 42.6 Å². The summed E-state index contributed by atoms with van der Waals surface area (Å²) >= 11 is 0. The molecule has 0 saturated heterocycles. The van der Waals surface area contributed by atoms with Crippen molar-refractivity contribution < 1.29 is 39.0 Å². The molecule has 2 rings (SSSR count). The molecule has 5 atom stereocenters. The van der Waals surface area contributed by atoms with Gasteiger partial charge in [0.05, 0.1) is 12.5 Å². The summed E-state index contributed by atoms with van der Waals surface area (Å²) < 4.78 is 0. The Balaban J connectivity index is 2.21. The van der Waals surface area contributed by atoms with E-state index in [1.807, 2.05) is 6.92 Å². The molecule has 0 aliphatic heterocycles. The number of benzene rings is 1. The summed E-state index contributed by atoms with van der Waals surface area (Å²) in [4.78, 5) is 76.5. The van der Waals surface area contributed by atoms with Crippen LogP contribution in [0.2, 0.25) is 0 Å². The number of para-hydroxylation sites is 1. The van der Waals surface area contributed by atoms with Crippen LogP contribution < -0.4 is 27.4 Å². The zero-order valence-electron chi connectivity index (χ0n) is 22.3. The highest BCUT2D eigenvalue weighted by Gasteiger charge is 2.32. The molecule has 0 aliphatic carbocycles. The van der Waals surface area contributed by atoms with E-state index in [0.717, 1.165) is 10.9 Å². The monoisotopic (exact) mass is 560 g/mol. The zero-order valence-corrected chi connectivity index (χ0v) is 22.3. The lowest BCUT2D eigenvalue weighted by molar-refractivity contribution is -0.142. The fourth-order valence-electron chi connectivity index (χ4n) is 3.99. The Morgan fingerprint density at radius 2 is 1.52 bits per heavy atom. The molecule has 218 valence electrons. The van der Waals surface area contributed by atoms with Crippen LogP contribution in [0.3, 0.4) is 0 Å². The Morgan fingerprint density at radius 1 is 0.925 bits per heavy atom. The standard InChI is InChI=1S/C26H36N6O8/c1-3-13(2)22(28)25(38)30-17(8-9-21(34)35)23(36)31-18(11-20(27)33)24(37)32-19(26(39)40)10-14-12-29-16-7-5-4-6-15(14)16/h4-7,12-13,17-19,22,29H,3,8-11,28H2,1-2H3,(H2,27,33)(H,30,38)(H,31,36)(H,32,37)(H,34,35)(H,39,40). The molecule has 0 aliphatic rings. The van der Waals surface area contributed by atoms with Gasteiger partial charge in [-0.15, -0.1) is 0 Å². The second-order valence-corrected chi connectivity index (χ2v) is 9.60. The molecular weight excluding hydrogens is 524 g/mol. The van der Waals surface area contributed by atoms with Crippen molar-refractivity contribution in [1.29, 1.82) is 0 Å². The molecular formula is C26H36N6O8. The van der Waals surface area contributed by atoms with Gasteiger partial charge in [0.1, 0.15) is 18.1 Å². The van der Waals surface area contributed by atoms with E-state index in [0.29, 0.717) is 12.0 Å². The van der Waals surface area contributed by atoms with Crippen molar-refractivity contribution in [2.75, 3.05) is 0 Å². The van der Waals surface area contributed by atoms with Crippen molar-refractivity contribution in [2.45, 2.75) is 70.1 Å². The third-order valence-electron chi connectivity index (χ3n) is 6.59. The summed E-state index contributed by atoms with van der Waals surface area (Å²) in [6, 6.07) is 1.79. The fourth-order valence-corrected chi connectivity index (χ4v) is 3.99. The predicted molar refractivity (Wildman–Crippen MR) is 144 cm³/mol. The van der Waals surface area contributed by atoms with E-state index in [-0.39, 0.29) is 18.8 Å². The first-order chi connectivity index (χ1) is 18.8. The van der Waals surface area contributed by atoms with E-state index < -0.39 is 72.6 Å². The average Bonchev–Trinajstić information content (AvgIpc) is 3.31. The smallest absolute Gasteiger partial charge is 0.326 e. The van der Waals surface area contributed by atoms with Gasteiger partial charge in [-0.25, -0.2) is 4.79 Å². The predicted octanol–water partition coefficient (Wildman–Crippen LogP) is -0.637. The maximum Gasteiger partial charge on any atom is 0.326 e. The van der Waals surface area contributed by atoms with Crippen LogP contribution in [0.5, 0.6) is 0 Å². The van der Waals surface area contributed by atoms with Crippen molar-refractivity contribution in [1.82, 2.24) is 20.9 Å². The topological polar surface area (TPSA) is 247 Å². The van der Waals surface area contributed by atoms with Crippen LogP contribution in [0, 0.1) is 5.92 Å². The number of aromatic nitrogens is 1. The maximum atomic E-state index is 13.1. The summed E-state index contributed by atoms with van der Waals surface area (Å²) in [5.74, 6) is -6.44. The van der Waals surface area contributed by atoms with Crippen LogP contribution in [0.4, 0.5) is 0 Å². The number of carboxylic acids is 2. The summed E-state index contributed by atoms with van der Waals surface area (Å²) in [7, 11) is 0. The minimum Gasteiger partial charge on any atom is -0.481 e. The van der Waals surface area contributed by atoms with Gasteiger partial charge in [0.15, 0.2) is 0 Å². The third kappa shape index (κ3) is 9.08. The number of carboxylic acid groups (broad SMARTS) is 2. The van der Waals surface area contributed by atoms with E-state index >= 15 is 0 Å². The van der Waals surface area contributed by atoms with Crippen LogP contribution in [0.15, 0.2) is 30.5 Å². The summed E-state index contributed by atoms with van der Waals surface area (Å²) in [5, 5.41) is 26.6. The van der Waals surface area contributed by atoms with Crippen LogP contribution in [-0.4, -0.2) is 74.9 Å². The second-order valence-electron chi connectivity index (χ2n) is 9.60. The van der Waals surface area contributed by atoms with Gasteiger partial charge in [-0.05, 0) is 24.0 Å². The number of aromatic amines is 1. The molecule has 10 N–H and O–H groups in total. The normalized spacial score (nSPS) is 14.8.